The number of halogens is 2. The number of carbonyl (C=O) groups excluding carboxylic acids is 1. The first kappa shape index (κ1) is 20.3. The van der Waals surface area contributed by atoms with E-state index in [-0.39, 0.29) is 5.82 Å². The van der Waals surface area contributed by atoms with E-state index in [1.165, 1.54) is 0 Å². The molecule has 0 spiro atoms. The van der Waals surface area contributed by atoms with Gasteiger partial charge < -0.3 is 5.32 Å². The van der Waals surface area contributed by atoms with Crippen molar-refractivity contribution in [2.24, 2.45) is 0 Å². The van der Waals surface area contributed by atoms with E-state index in [0.29, 0.717) is 16.5 Å². The standard InChI is InChI=1S/C23H18BrClN4O/c1-14-5-3-7-16(13-14)22-27-21(28-29(22)18-11-9-17(24)10-12-18)23(30)26-20-15(2)6-4-8-19(20)25/h3-13H,1-2H3,(H,26,30). The number of anilines is 1. The minimum atomic E-state index is -0.420. The third kappa shape index (κ3) is 4.15. The Bertz CT molecular complexity index is 1210. The van der Waals surface area contributed by atoms with Crippen molar-refractivity contribution >= 4 is 39.1 Å². The Labute approximate surface area is 187 Å². The molecule has 0 aliphatic heterocycles. The molecule has 1 amide bonds. The van der Waals surface area contributed by atoms with Crippen LogP contribution in [0.15, 0.2) is 71.2 Å². The van der Waals surface area contributed by atoms with Crippen LogP contribution in [0.1, 0.15) is 21.7 Å². The molecule has 5 nitrogen and oxygen atoms in total. The van der Waals surface area contributed by atoms with Gasteiger partial charge in [0.15, 0.2) is 5.82 Å². The van der Waals surface area contributed by atoms with E-state index in [2.05, 4.69) is 31.3 Å². The molecule has 150 valence electrons. The van der Waals surface area contributed by atoms with Crippen molar-refractivity contribution in [2.75, 3.05) is 5.32 Å². The molecular weight excluding hydrogens is 464 g/mol. The number of hydrogen-bond acceptors (Lipinski definition) is 3. The molecule has 4 aromatic rings. The molecule has 0 radical (unpaired) electrons. The number of aromatic nitrogens is 3. The van der Waals surface area contributed by atoms with E-state index in [9.17, 15) is 4.79 Å². The summed E-state index contributed by atoms with van der Waals surface area (Å²) < 4.78 is 2.63. The van der Waals surface area contributed by atoms with E-state index >= 15 is 0 Å². The molecule has 0 atom stereocenters. The zero-order valence-corrected chi connectivity index (χ0v) is 18.7. The number of rotatable bonds is 4. The Morgan fingerprint density at radius 2 is 1.77 bits per heavy atom. The Balaban J connectivity index is 1.78. The van der Waals surface area contributed by atoms with Crippen LogP contribution in [0.4, 0.5) is 5.69 Å². The molecule has 1 heterocycles. The maximum atomic E-state index is 13.0. The Morgan fingerprint density at radius 1 is 1.03 bits per heavy atom. The first-order valence-electron chi connectivity index (χ1n) is 9.29. The van der Waals surface area contributed by atoms with E-state index < -0.39 is 5.91 Å². The third-order valence-corrected chi connectivity index (χ3v) is 5.46. The molecule has 0 unspecified atom stereocenters. The zero-order chi connectivity index (χ0) is 21.3. The molecule has 0 saturated carbocycles. The monoisotopic (exact) mass is 480 g/mol. The summed E-state index contributed by atoms with van der Waals surface area (Å²) in [6, 6.07) is 21.1. The maximum Gasteiger partial charge on any atom is 0.295 e. The van der Waals surface area contributed by atoms with Crippen LogP contribution in [-0.2, 0) is 0 Å². The first-order chi connectivity index (χ1) is 14.4. The predicted octanol–water partition coefficient (Wildman–Crippen LogP) is 6.22. The molecule has 0 fully saturated rings. The van der Waals surface area contributed by atoms with Gasteiger partial charge in [-0.15, -0.1) is 5.10 Å². The van der Waals surface area contributed by atoms with E-state index in [1.807, 2.05) is 74.5 Å². The Morgan fingerprint density at radius 3 is 2.47 bits per heavy atom. The summed E-state index contributed by atoms with van der Waals surface area (Å²) in [6.45, 7) is 3.89. The van der Waals surface area contributed by atoms with Crippen LogP contribution in [0.3, 0.4) is 0 Å². The molecule has 0 aliphatic carbocycles. The topological polar surface area (TPSA) is 59.8 Å². The number of benzene rings is 3. The van der Waals surface area contributed by atoms with Gasteiger partial charge in [-0.2, -0.15) is 0 Å². The Kier molecular flexibility index (Phi) is 5.70. The van der Waals surface area contributed by atoms with Gasteiger partial charge >= 0.3 is 0 Å². The second kappa shape index (κ2) is 8.42. The van der Waals surface area contributed by atoms with Gasteiger partial charge in [0.25, 0.3) is 5.91 Å². The van der Waals surface area contributed by atoms with E-state index in [0.717, 1.165) is 26.9 Å². The van der Waals surface area contributed by atoms with E-state index in [1.54, 1.807) is 10.7 Å². The lowest BCUT2D eigenvalue weighted by atomic mass is 10.1. The number of amides is 1. The highest BCUT2D eigenvalue weighted by Crippen LogP contribution is 2.27. The molecule has 0 bridgehead atoms. The normalized spacial score (nSPS) is 10.8. The van der Waals surface area contributed by atoms with Gasteiger partial charge in [0.05, 0.1) is 16.4 Å². The van der Waals surface area contributed by atoms with Crippen molar-refractivity contribution in [3.05, 3.63) is 93.2 Å². The van der Waals surface area contributed by atoms with Crippen LogP contribution in [0.25, 0.3) is 17.1 Å². The van der Waals surface area contributed by atoms with E-state index in [4.69, 9.17) is 11.6 Å². The fourth-order valence-corrected chi connectivity index (χ4v) is 3.63. The molecule has 1 N–H and O–H groups in total. The van der Waals surface area contributed by atoms with Crippen molar-refractivity contribution in [1.29, 1.82) is 0 Å². The number of nitrogens with one attached hydrogen (secondary N) is 1. The van der Waals surface area contributed by atoms with Crippen LogP contribution in [-0.4, -0.2) is 20.7 Å². The quantitative estimate of drug-likeness (QED) is 0.376. The fourth-order valence-electron chi connectivity index (χ4n) is 3.10. The van der Waals surface area contributed by atoms with Gasteiger partial charge in [-0.1, -0.05) is 63.4 Å². The lowest BCUT2D eigenvalue weighted by Crippen LogP contribution is -2.15. The van der Waals surface area contributed by atoms with Crippen LogP contribution >= 0.6 is 27.5 Å². The van der Waals surface area contributed by atoms with Crippen molar-refractivity contribution in [2.45, 2.75) is 13.8 Å². The second-order valence-electron chi connectivity index (χ2n) is 6.90. The number of nitrogens with zero attached hydrogens (tertiary/aromatic N) is 3. The SMILES string of the molecule is Cc1cccc(-c2nc(C(=O)Nc3c(C)cccc3Cl)nn2-c2ccc(Br)cc2)c1. The highest BCUT2D eigenvalue weighted by Gasteiger charge is 2.20. The third-order valence-electron chi connectivity index (χ3n) is 4.62. The molecule has 0 aliphatic rings. The molecule has 1 aromatic heterocycles. The Hall–Kier alpha value is -2.96. The van der Waals surface area contributed by atoms with Crippen molar-refractivity contribution in [3.8, 4) is 17.1 Å². The minimum absolute atomic E-state index is 0.0637. The van der Waals surface area contributed by atoms with Crippen LogP contribution < -0.4 is 5.32 Å². The van der Waals surface area contributed by atoms with Crippen LogP contribution in [0, 0.1) is 13.8 Å². The lowest BCUT2D eigenvalue weighted by Gasteiger charge is -2.08. The predicted molar refractivity (Wildman–Crippen MR) is 123 cm³/mol. The maximum absolute atomic E-state index is 13.0. The molecule has 7 heteroatoms. The van der Waals surface area contributed by atoms with Gasteiger partial charge in [-0.3, -0.25) is 4.79 Å². The molecule has 0 saturated heterocycles. The summed E-state index contributed by atoms with van der Waals surface area (Å²) in [5, 5.41) is 7.82. The van der Waals surface area contributed by atoms with Gasteiger partial charge in [0.1, 0.15) is 0 Å². The highest BCUT2D eigenvalue weighted by atomic mass is 79.9. The van der Waals surface area contributed by atoms with Gasteiger partial charge in [-0.25, -0.2) is 9.67 Å². The molecule has 30 heavy (non-hydrogen) atoms. The number of aryl methyl sites for hydroxylation is 2. The zero-order valence-electron chi connectivity index (χ0n) is 16.4. The summed E-state index contributed by atoms with van der Waals surface area (Å²) >= 11 is 9.70. The van der Waals surface area contributed by atoms with Crippen molar-refractivity contribution < 1.29 is 4.79 Å². The summed E-state index contributed by atoms with van der Waals surface area (Å²) in [5.74, 6) is 0.228. The first-order valence-corrected chi connectivity index (χ1v) is 10.5. The summed E-state index contributed by atoms with van der Waals surface area (Å²) in [6.07, 6.45) is 0. The number of carbonyl (C=O) groups is 1. The van der Waals surface area contributed by atoms with Crippen LogP contribution in [0.2, 0.25) is 5.02 Å². The molecule has 3 aromatic carbocycles. The van der Waals surface area contributed by atoms with Crippen LogP contribution in [0.5, 0.6) is 0 Å². The number of hydrogen-bond donors (Lipinski definition) is 1. The highest BCUT2D eigenvalue weighted by molar-refractivity contribution is 9.10. The lowest BCUT2D eigenvalue weighted by molar-refractivity contribution is 0.101. The summed E-state index contributed by atoms with van der Waals surface area (Å²) in [4.78, 5) is 17.5. The van der Waals surface area contributed by atoms with Gasteiger partial charge in [0, 0.05) is 10.0 Å². The van der Waals surface area contributed by atoms with Gasteiger partial charge in [0.2, 0.25) is 5.82 Å². The van der Waals surface area contributed by atoms with Gasteiger partial charge in [-0.05, 0) is 55.8 Å². The number of para-hydroxylation sites is 1. The largest absolute Gasteiger partial charge is 0.318 e. The summed E-state index contributed by atoms with van der Waals surface area (Å²) in [7, 11) is 0. The average Bonchev–Trinajstić information content (AvgIpc) is 3.17. The van der Waals surface area contributed by atoms with Crippen molar-refractivity contribution in [1.82, 2.24) is 14.8 Å². The second-order valence-corrected chi connectivity index (χ2v) is 8.23. The fraction of sp³-hybridized carbons (Fsp3) is 0.0870. The smallest absolute Gasteiger partial charge is 0.295 e. The summed E-state index contributed by atoms with van der Waals surface area (Å²) in [5.41, 5.74) is 4.19. The van der Waals surface area contributed by atoms with Crippen molar-refractivity contribution in [3.63, 3.8) is 0 Å². The molecular formula is C23H18BrClN4O. The average molecular weight is 482 g/mol. The minimum Gasteiger partial charge on any atom is -0.318 e. The molecule has 4 rings (SSSR count).